The van der Waals surface area contributed by atoms with Gasteiger partial charge in [0.15, 0.2) is 0 Å². The minimum atomic E-state index is -1.17. The van der Waals surface area contributed by atoms with E-state index in [1.165, 1.54) is 0 Å². The van der Waals surface area contributed by atoms with Crippen LogP contribution in [0.4, 0.5) is 5.69 Å². The highest BCUT2D eigenvalue weighted by atomic mass is 79.9. The number of amides is 1. The molecular formula is C15H13BrCl2N2O. The fraction of sp³-hybridized carbons (Fsp3) is 0.133. The maximum atomic E-state index is 12.0. The molecule has 0 aromatic heterocycles. The highest BCUT2D eigenvalue weighted by Crippen LogP contribution is 2.33. The molecule has 0 bridgehead atoms. The van der Waals surface area contributed by atoms with E-state index < -0.39 is 11.4 Å². The third-order valence-electron chi connectivity index (χ3n) is 3.20. The quantitative estimate of drug-likeness (QED) is 0.807. The first-order valence-electron chi connectivity index (χ1n) is 6.12. The van der Waals surface area contributed by atoms with E-state index in [1.807, 2.05) is 24.3 Å². The van der Waals surface area contributed by atoms with Gasteiger partial charge in [0.25, 0.3) is 0 Å². The molecule has 6 heteroatoms. The van der Waals surface area contributed by atoms with Gasteiger partial charge in [0.1, 0.15) is 5.54 Å². The smallest absolute Gasteiger partial charge is 0.247 e. The van der Waals surface area contributed by atoms with Crippen LogP contribution in [-0.4, -0.2) is 5.91 Å². The lowest BCUT2D eigenvalue weighted by Crippen LogP contribution is -2.45. The molecular weight excluding hydrogens is 375 g/mol. The zero-order valence-electron chi connectivity index (χ0n) is 11.2. The van der Waals surface area contributed by atoms with Crippen molar-refractivity contribution in [2.75, 3.05) is 5.32 Å². The summed E-state index contributed by atoms with van der Waals surface area (Å²) in [6, 6.07) is 12.3. The minimum absolute atomic E-state index is 0.422. The Bertz CT molecular complexity index is 676. The number of nitrogens with two attached hydrogens (primary N) is 1. The summed E-state index contributed by atoms with van der Waals surface area (Å²) in [4.78, 5) is 12.0. The highest BCUT2D eigenvalue weighted by Gasteiger charge is 2.35. The van der Waals surface area contributed by atoms with Gasteiger partial charge < -0.3 is 11.1 Å². The molecule has 0 aliphatic rings. The summed E-state index contributed by atoms with van der Waals surface area (Å²) in [6.07, 6.45) is 0. The van der Waals surface area contributed by atoms with Crippen LogP contribution in [0.1, 0.15) is 12.5 Å². The lowest BCUT2D eigenvalue weighted by molar-refractivity contribution is -0.122. The van der Waals surface area contributed by atoms with Crippen molar-refractivity contribution in [3.8, 4) is 0 Å². The van der Waals surface area contributed by atoms with E-state index in [9.17, 15) is 4.79 Å². The zero-order valence-corrected chi connectivity index (χ0v) is 14.3. The van der Waals surface area contributed by atoms with Crippen LogP contribution in [0, 0.1) is 0 Å². The molecule has 1 unspecified atom stereocenters. The molecule has 0 saturated carbocycles. The normalized spacial score (nSPS) is 13.5. The van der Waals surface area contributed by atoms with Crippen molar-refractivity contribution in [2.24, 2.45) is 5.73 Å². The van der Waals surface area contributed by atoms with Gasteiger partial charge in [-0.05, 0) is 49.4 Å². The van der Waals surface area contributed by atoms with Gasteiger partial charge in [-0.15, -0.1) is 0 Å². The summed E-state index contributed by atoms with van der Waals surface area (Å²) in [5.74, 6) is -0.547. The second kappa shape index (κ2) is 6.26. The summed E-state index contributed by atoms with van der Waals surface area (Å²) in [5, 5.41) is 4.04. The van der Waals surface area contributed by atoms with E-state index in [1.54, 1.807) is 25.1 Å². The summed E-state index contributed by atoms with van der Waals surface area (Å²) < 4.78 is 0.939. The first kappa shape index (κ1) is 16.1. The number of hydrogen-bond donors (Lipinski definition) is 2. The molecule has 2 rings (SSSR count). The van der Waals surface area contributed by atoms with Crippen LogP contribution < -0.4 is 11.1 Å². The molecule has 0 aliphatic heterocycles. The second-order valence-corrected chi connectivity index (χ2v) is 6.50. The number of halogens is 3. The Hall–Kier alpha value is -1.23. The molecule has 0 radical (unpaired) electrons. The maximum absolute atomic E-state index is 12.0. The fourth-order valence-corrected chi connectivity index (χ4v) is 2.71. The predicted molar refractivity (Wildman–Crippen MR) is 90.8 cm³/mol. The summed E-state index contributed by atoms with van der Waals surface area (Å²) >= 11 is 15.6. The van der Waals surface area contributed by atoms with Gasteiger partial charge in [0.2, 0.25) is 5.91 Å². The zero-order chi connectivity index (χ0) is 15.6. The SMILES string of the molecule is CC(Nc1ccc(Br)cc1)(C(N)=O)c1cc(Cl)ccc1Cl. The molecule has 3 nitrogen and oxygen atoms in total. The van der Waals surface area contributed by atoms with Gasteiger partial charge in [-0.25, -0.2) is 0 Å². The van der Waals surface area contributed by atoms with Crippen LogP contribution in [0.3, 0.4) is 0 Å². The van der Waals surface area contributed by atoms with Crippen LogP contribution in [-0.2, 0) is 10.3 Å². The Labute approximate surface area is 141 Å². The molecule has 1 amide bonds. The average molecular weight is 388 g/mol. The number of carbonyl (C=O) groups is 1. The lowest BCUT2D eigenvalue weighted by Gasteiger charge is -2.30. The van der Waals surface area contributed by atoms with Crippen molar-refractivity contribution in [3.63, 3.8) is 0 Å². The van der Waals surface area contributed by atoms with Gasteiger partial charge in [-0.3, -0.25) is 4.79 Å². The van der Waals surface area contributed by atoms with Crippen LogP contribution in [0.2, 0.25) is 10.0 Å². The Kier molecular flexibility index (Phi) is 4.81. The number of rotatable bonds is 4. The summed E-state index contributed by atoms with van der Waals surface area (Å²) in [7, 11) is 0. The summed E-state index contributed by atoms with van der Waals surface area (Å²) in [6.45, 7) is 1.68. The van der Waals surface area contributed by atoms with E-state index in [0.717, 1.165) is 10.2 Å². The standard InChI is InChI=1S/C15H13BrCl2N2O/c1-15(14(19)21,12-8-10(17)4-7-13(12)18)20-11-5-2-9(16)3-6-11/h2-8,20H,1H3,(H2,19,21). The summed E-state index contributed by atoms with van der Waals surface area (Å²) in [5.41, 5.74) is 5.70. The topological polar surface area (TPSA) is 55.1 Å². The Morgan fingerprint density at radius 3 is 2.38 bits per heavy atom. The van der Waals surface area contributed by atoms with E-state index in [2.05, 4.69) is 21.2 Å². The van der Waals surface area contributed by atoms with E-state index in [0.29, 0.717) is 15.6 Å². The third-order valence-corrected chi connectivity index (χ3v) is 4.29. The number of anilines is 1. The van der Waals surface area contributed by atoms with Gasteiger partial charge >= 0.3 is 0 Å². The molecule has 0 spiro atoms. The minimum Gasteiger partial charge on any atom is -0.368 e. The maximum Gasteiger partial charge on any atom is 0.247 e. The second-order valence-electron chi connectivity index (χ2n) is 4.75. The molecule has 110 valence electrons. The lowest BCUT2D eigenvalue weighted by atomic mass is 9.90. The van der Waals surface area contributed by atoms with Crippen LogP contribution >= 0.6 is 39.1 Å². The van der Waals surface area contributed by atoms with Crippen molar-refractivity contribution in [2.45, 2.75) is 12.5 Å². The molecule has 21 heavy (non-hydrogen) atoms. The fourth-order valence-electron chi connectivity index (χ4n) is 1.96. The van der Waals surface area contributed by atoms with Crippen molar-refractivity contribution in [1.82, 2.24) is 0 Å². The van der Waals surface area contributed by atoms with Crippen molar-refractivity contribution in [1.29, 1.82) is 0 Å². The molecule has 0 heterocycles. The number of nitrogens with one attached hydrogen (secondary N) is 1. The number of primary amides is 1. The van der Waals surface area contributed by atoms with Crippen molar-refractivity contribution in [3.05, 3.63) is 62.5 Å². The first-order valence-corrected chi connectivity index (χ1v) is 7.67. The average Bonchev–Trinajstić information content (AvgIpc) is 2.43. The Balaban J connectivity index is 2.47. The molecule has 1 atom stereocenters. The number of hydrogen-bond acceptors (Lipinski definition) is 2. The van der Waals surface area contributed by atoms with E-state index in [4.69, 9.17) is 28.9 Å². The van der Waals surface area contributed by atoms with Gasteiger partial charge in [0, 0.05) is 25.8 Å². The molecule has 0 aliphatic carbocycles. The van der Waals surface area contributed by atoms with Crippen molar-refractivity contribution >= 4 is 50.7 Å². The molecule has 0 fully saturated rings. The molecule has 0 saturated heterocycles. The van der Waals surface area contributed by atoms with E-state index in [-0.39, 0.29) is 0 Å². The first-order chi connectivity index (χ1) is 9.83. The number of carbonyl (C=O) groups excluding carboxylic acids is 1. The molecule has 2 aromatic rings. The molecule has 2 aromatic carbocycles. The van der Waals surface area contributed by atoms with Crippen LogP contribution in [0.5, 0.6) is 0 Å². The highest BCUT2D eigenvalue weighted by molar-refractivity contribution is 9.10. The van der Waals surface area contributed by atoms with Gasteiger partial charge in [-0.1, -0.05) is 39.1 Å². The van der Waals surface area contributed by atoms with Crippen LogP contribution in [0.25, 0.3) is 0 Å². The van der Waals surface area contributed by atoms with Crippen LogP contribution in [0.15, 0.2) is 46.9 Å². The van der Waals surface area contributed by atoms with Crippen molar-refractivity contribution < 1.29 is 4.79 Å². The molecule has 3 N–H and O–H groups in total. The Morgan fingerprint density at radius 1 is 1.19 bits per heavy atom. The Morgan fingerprint density at radius 2 is 1.81 bits per heavy atom. The van der Waals surface area contributed by atoms with E-state index >= 15 is 0 Å². The van der Waals surface area contributed by atoms with Gasteiger partial charge in [-0.2, -0.15) is 0 Å². The predicted octanol–water partition coefficient (Wildman–Crippen LogP) is 4.57. The number of benzene rings is 2. The largest absolute Gasteiger partial charge is 0.368 e. The monoisotopic (exact) mass is 386 g/mol. The van der Waals surface area contributed by atoms with Gasteiger partial charge in [0.05, 0.1) is 0 Å². The third kappa shape index (κ3) is 3.51.